The summed E-state index contributed by atoms with van der Waals surface area (Å²) in [5, 5.41) is 0. The molecule has 2 aliphatic heterocycles. The molecule has 0 saturated carbocycles. The highest BCUT2D eigenvalue weighted by atomic mass is 16.6. The summed E-state index contributed by atoms with van der Waals surface area (Å²) in [5.74, 6) is 0.0420. The van der Waals surface area contributed by atoms with Crippen LogP contribution in [0.3, 0.4) is 0 Å². The summed E-state index contributed by atoms with van der Waals surface area (Å²) in [6.45, 7) is 3.42. The molecule has 1 aromatic rings. The van der Waals surface area contributed by atoms with Gasteiger partial charge in [0.05, 0.1) is 0 Å². The van der Waals surface area contributed by atoms with Crippen molar-refractivity contribution in [3.8, 4) is 0 Å². The zero-order chi connectivity index (χ0) is 14.8. The molecule has 21 heavy (non-hydrogen) atoms. The second-order valence-electron chi connectivity index (χ2n) is 5.70. The molecule has 2 atom stereocenters. The molecule has 2 unspecified atom stereocenters. The monoisotopic (exact) mass is 288 g/mol. The van der Waals surface area contributed by atoms with Crippen molar-refractivity contribution in [2.75, 3.05) is 13.1 Å². The number of rotatable bonds is 2. The largest absolute Gasteiger partial charge is 0.445 e. The van der Waals surface area contributed by atoms with E-state index in [-0.39, 0.29) is 18.6 Å². The van der Waals surface area contributed by atoms with Crippen LogP contribution in [-0.4, -0.2) is 47.0 Å². The van der Waals surface area contributed by atoms with Crippen molar-refractivity contribution in [2.45, 2.75) is 38.5 Å². The van der Waals surface area contributed by atoms with Crippen LogP contribution >= 0.6 is 0 Å². The first kappa shape index (κ1) is 13.9. The Morgan fingerprint density at radius 3 is 2.86 bits per heavy atom. The number of ether oxygens (including phenoxy) is 1. The van der Waals surface area contributed by atoms with Gasteiger partial charge >= 0.3 is 6.09 Å². The number of carbonyl (C=O) groups is 2. The topological polar surface area (TPSA) is 49.9 Å². The molecule has 0 bridgehead atoms. The summed E-state index contributed by atoms with van der Waals surface area (Å²) in [7, 11) is 0. The number of hydrogen-bond acceptors (Lipinski definition) is 3. The van der Waals surface area contributed by atoms with Crippen molar-refractivity contribution < 1.29 is 14.3 Å². The van der Waals surface area contributed by atoms with Gasteiger partial charge in [0, 0.05) is 19.1 Å². The minimum Gasteiger partial charge on any atom is -0.445 e. The summed E-state index contributed by atoms with van der Waals surface area (Å²) < 4.78 is 5.35. The van der Waals surface area contributed by atoms with Crippen LogP contribution in [0.4, 0.5) is 4.79 Å². The number of amides is 2. The third-order valence-corrected chi connectivity index (χ3v) is 4.33. The third kappa shape index (κ3) is 2.73. The molecule has 0 spiro atoms. The van der Waals surface area contributed by atoms with E-state index in [1.807, 2.05) is 35.2 Å². The van der Waals surface area contributed by atoms with Gasteiger partial charge in [-0.3, -0.25) is 9.69 Å². The number of piperazine rings is 1. The lowest BCUT2D eigenvalue weighted by Gasteiger charge is -2.40. The van der Waals surface area contributed by atoms with Crippen LogP contribution in [0.5, 0.6) is 0 Å². The van der Waals surface area contributed by atoms with Gasteiger partial charge in [0.2, 0.25) is 5.91 Å². The normalized spacial score (nSPS) is 24.9. The molecule has 0 aromatic heterocycles. The number of benzene rings is 1. The molecular formula is C16H20N2O3. The van der Waals surface area contributed by atoms with Crippen LogP contribution in [0.15, 0.2) is 30.3 Å². The quantitative estimate of drug-likeness (QED) is 0.836. The lowest BCUT2D eigenvalue weighted by atomic mass is 10.1. The SMILES string of the molecule is CC1C(=O)N2CCCC2CN1C(=O)OCc1ccccc1. The predicted molar refractivity (Wildman–Crippen MR) is 77.5 cm³/mol. The van der Waals surface area contributed by atoms with Crippen LogP contribution in [0.25, 0.3) is 0 Å². The molecule has 2 heterocycles. The lowest BCUT2D eigenvalue weighted by Crippen LogP contribution is -2.60. The predicted octanol–water partition coefficient (Wildman–Crippen LogP) is 2.02. The fourth-order valence-corrected chi connectivity index (χ4v) is 3.11. The Morgan fingerprint density at radius 1 is 1.33 bits per heavy atom. The summed E-state index contributed by atoms with van der Waals surface area (Å²) in [6, 6.07) is 9.30. The first-order chi connectivity index (χ1) is 10.2. The van der Waals surface area contributed by atoms with Crippen LogP contribution in [0, 0.1) is 0 Å². The smallest absolute Gasteiger partial charge is 0.410 e. The Balaban J connectivity index is 1.62. The molecule has 3 rings (SSSR count). The lowest BCUT2D eigenvalue weighted by molar-refractivity contribution is -0.141. The van der Waals surface area contributed by atoms with E-state index in [4.69, 9.17) is 4.74 Å². The van der Waals surface area contributed by atoms with Gasteiger partial charge in [0.15, 0.2) is 0 Å². The van der Waals surface area contributed by atoms with Crippen molar-refractivity contribution in [3.63, 3.8) is 0 Å². The maximum Gasteiger partial charge on any atom is 0.410 e. The molecular weight excluding hydrogens is 268 g/mol. The van der Waals surface area contributed by atoms with Crippen LogP contribution in [-0.2, 0) is 16.1 Å². The molecule has 2 amide bonds. The van der Waals surface area contributed by atoms with Crippen molar-refractivity contribution in [3.05, 3.63) is 35.9 Å². The van der Waals surface area contributed by atoms with Crippen LogP contribution in [0.1, 0.15) is 25.3 Å². The van der Waals surface area contributed by atoms with E-state index < -0.39 is 12.1 Å². The second kappa shape index (κ2) is 5.76. The number of nitrogens with zero attached hydrogens (tertiary/aromatic N) is 2. The Bertz CT molecular complexity index is 532. The van der Waals surface area contributed by atoms with Gasteiger partial charge < -0.3 is 9.64 Å². The summed E-state index contributed by atoms with van der Waals surface area (Å²) in [5.41, 5.74) is 0.948. The number of fused-ring (bicyclic) bond motifs is 1. The Labute approximate surface area is 124 Å². The molecule has 0 aliphatic carbocycles. The first-order valence-electron chi connectivity index (χ1n) is 7.44. The zero-order valence-electron chi connectivity index (χ0n) is 12.2. The molecule has 1 aromatic carbocycles. The van der Waals surface area contributed by atoms with Gasteiger partial charge in [0.1, 0.15) is 12.6 Å². The van der Waals surface area contributed by atoms with Gasteiger partial charge in [-0.05, 0) is 25.3 Å². The number of hydrogen-bond donors (Lipinski definition) is 0. The highest BCUT2D eigenvalue weighted by molar-refractivity contribution is 5.87. The maximum absolute atomic E-state index is 12.3. The number of carbonyl (C=O) groups excluding carboxylic acids is 2. The average Bonchev–Trinajstić information content (AvgIpc) is 2.98. The molecule has 0 radical (unpaired) electrons. The fraction of sp³-hybridized carbons (Fsp3) is 0.500. The average molecular weight is 288 g/mol. The molecule has 5 nitrogen and oxygen atoms in total. The van der Waals surface area contributed by atoms with Crippen molar-refractivity contribution in [2.24, 2.45) is 0 Å². The Hall–Kier alpha value is -2.04. The van der Waals surface area contributed by atoms with E-state index in [2.05, 4.69) is 0 Å². The van der Waals surface area contributed by atoms with E-state index in [9.17, 15) is 9.59 Å². The van der Waals surface area contributed by atoms with E-state index in [0.717, 1.165) is 24.9 Å². The van der Waals surface area contributed by atoms with Gasteiger partial charge in [-0.1, -0.05) is 30.3 Å². The van der Waals surface area contributed by atoms with Crippen molar-refractivity contribution in [1.29, 1.82) is 0 Å². The van der Waals surface area contributed by atoms with Gasteiger partial charge in [0.25, 0.3) is 0 Å². The zero-order valence-corrected chi connectivity index (χ0v) is 12.2. The van der Waals surface area contributed by atoms with E-state index in [1.165, 1.54) is 0 Å². The highest BCUT2D eigenvalue weighted by Gasteiger charge is 2.42. The minimum atomic E-state index is -0.428. The molecule has 2 aliphatic rings. The Morgan fingerprint density at radius 2 is 2.10 bits per heavy atom. The van der Waals surface area contributed by atoms with Gasteiger partial charge in [-0.15, -0.1) is 0 Å². The molecule has 5 heteroatoms. The Kier molecular flexibility index (Phi) is 3.82. The molecule has 112 valence electrons. The fourth-order valence-electron chi connectivity index (χ4n) is 3.11. The van der Waals surface area contributed by atoms with E-state index in [0.29, 0.717) is 6.54 Å². The molecule has 2 saturated heterocycles. The first-order valence-corrected chi connectivity index (χ1v) is 7.44. The van der Waals surface area contributed by atoms with Gasteiger partial charge in [-0.2, -0.15) is 0 Å². The van der Waals surface area contributed by atoms with Crippen molar-refractivity contribution in [1.82, 2.24) is 9.80 Å². The minimum absolute atomic E-state index is 0.0420. The highest BCUT2D eigenvalue weighted by Crippen LogP contribution is 2.26. The third-order valence-electron chi connectivity index (χ3n) is 4.33. The van der Waals surface area contributed by atoms with Crippen LogP contribution in [0.2, 0.25) is 0 Å². The van der Waals surface area contributed by atoms with Gasteiger partial charge in [-0.25, -0.2) is 4.79 Å². The summed E-state index contributed by atoms with van der Waals surface area (Å²) >= 11 is 0. The maximum atomic E-state index is 12.3. The van der Waals surface area contributed by atoms with Crippen LogP contribution < -0.4 is 0 Å². The molecule has 0 N–H and O–H groups in total. The molecule has 2 fully saturated rings. The van der Waals surface area contributed by atoms with Crippen molar-refractivity contribution >= 4 is 12.0 Å². The summed E-state index contributed by atoms with van der Waals surface area (Å²) in [6.07, 6.45) is 1.60. The van der Waals surface area contributed by atoms with E-state index >= 15 is 0 Å². The standard InChI is InChI=1S/C16H20N2O3/c1-12-15(19)17-9-5-8-14(17)10-18(12)16(20)21-11-13-6-3-2-4-7-13/h2-4,6-7,12,14H,5,8-11H2,1H3. The van der Waals surface area contributed by atoms with E-state index in [1.54, 1.807) is 11.8 Å². The summed E-state index contributed by atoms with van der Waals surface area (Å²) in [4.78, 5) is 28.0. The second-order valence-corrected chi connectivity index (χ2v) is 5.70.